The second-order valence-corrected chi connectivity index (χ2v) is 9.08. The topological polar surface area (TPSA) is 53.1 Å². The van der Waals surface area contributed by atoms with Crippen molar-refractivity contribution < 1.29 is 14.3 Å². The van der Waals surface area contributed by atoms with E-state index in [0.29, 0.717) is 38.7 Å². The molecule has 2 saturated heterocycles. The molecule has 0 aromatic heterocycles. The van der Waals surface area contributed by atoms with E-state index in [4.69, 9.17) is 4.74 Å². The maximum Gasteiger partial charge on any atom is 0.409 e. The van der Waals surface area contributed by atoms with Crippen molar-refractivity contribution in [3.63, 3.8) is 0 Å². The first-order chi connectivity index (χ1) is 13.6. The fraction of sp³-hybridized carbons (Fsp3) is 0.818. The highest BCUT2D eigenvalue weighted by atomic mass is 16.6. The lowest BCUT2D eigenvalue weighted by Crippen LogP contribution is -2.51. The van der Waals surface area contributed by atoms with E-state index in [1.54, 1.807) is 4.90 Å². The van der Waals surface area contributed by atoms with E-state index < -0.39 is 0 Å². The Labute approximate surface area is 168 Å². The minimum Gasteiger partial charge on any atom is -0.450 e. The fourth-order valence-corrected chi connectivity index (χ4v) is 5.36. The first kappa shape index (κ1) is 19.7. The normalized spacial score (nSPS) is 29.8. The largest absolute Gasteiger partial charge is 0.450 e. The van der Waals surface area contributed by atoms with Crippen molar-refractivity contribution >= 4 is 12.0 Å². The predicted molar refractivity (Wildman–Crippen MR) is 108 cm³/mol. The molecule has 0 aromatic carbocycles. The van der Waals surface area contributed by atoms with E-state index in [1.165, 1.54) is 38.6 Å². The number of rotatable bonds is 4. The summed E-state index contributed by atoms with van der Waals surface area (Å²) < 4.78 is 5.07. The summed E-state index contributed by atoms with van der Waals surface area (Å²) in [6.45, 7) is 8.23. The lowest BCUT2D eigenvalue weighted by molar-refractivity contribution is -0.135. The van der Waals surface area contributed by atoms with Gasteiger partial charge in [-0.2, -0.15) is 0 Å². The lowest BCUT2D eigenvalue weighted by atomic mass is 9.88. The van der Waals surface area contributed by atoms with Crippen LogP contribution in [0.3, 0.4) is 0 Å². The number of amides is 2. The summed E-state index contributed by atoms with van der Waals surface area (Å²) >= 11 is 0. The van der Waals surface area contributed by atoms with Crippen molar-refractivity contribution in [2.75, 3.05) is 52.4 Å². The van der Waals surface area contributed by atoms with Gasteiger partial charge in [0.05, 0.1) is 6.61 Å². The molecule has 0 radical (unpaired) electrons. The molecule has 6 heteroatoms. The van der Waals surface area contributed by atoms with E-state index in [1.807, 2.05) is 11.8 Å². The van der Waals surface area contributed by atoms with Gasteiger partial charge in [-0.05, 0) is 69.9 Å². The van der Waals surface area contributed by atoms with Crippen LogP contribution in [0, 0.1) is 17.3 Å². The molecule has 0 unspecified atom stereocenters. The second-order valence-electron chi connectivity index (χ2n) is 9.08. The zero-order chi connectivity index (χ0) is 19.6. The molecule has 3 fully saturated rings. The molecule has 4 aliphatic rings. The third kappa shape index (κ3) is 4.22. The van der Waals surface area contributed by atoms with Crippen molar-refractivity contribution in [2.45, 2.75) is 45.4 Å². The van der Waals surface area contributed by atoms with Gasteiger partial charge in [-0.1, -0.05) is 12.2 Å². The van der Waals surface area contributed by atoms with Gasteiger partial charge < -0.3 is 19.4 Å². The maximum absolute atomic E-state index is 13.0. The van der Waals surface area contributed by atoms with Crippen LogP contribution in [0.5, 0.6) is 0 Å². The average molecular weight is 390 g/mol. The Morgan fingerprint density at radius 3 is 2.39 bits per heavy atom. The summed E-state index contributed by atoms with van der Waals surface area (Å²) in [4.78, 5) is 31.2. The fourth-order valence-electron chi connectivity index (χ4n) is 5.36. The molecule has 2 aliphatic carbocycles. The Kier molecular flexibility index (Phi) is 5.95. The number of piperidine rings is 1. The number of nitrogens with zero attached hydrogens (tertiary/aromatic N) is 3. The third-order valence-electron chi connectivity index (χ3n) is 7.35. The summed E-state index contributed by atoms with van der Waals surface area (Å²) in [5, 5.41) is 0. The van der Waals surface area contributed by atoms with Gasteiger partial charge in [-0.3, -0.25) is 4.79 Å². The number of hydrogen-bond donors (Lipinski definition) is 0. The van der Waals surface area contributed by atoms with Crippen LogP contribution in [-0.2, 0) is 9.53 Å². The molecule has 0 bridgehead atoms. The first-order valence-corrected chi connectivity index (χ1v) is 11.2. The Morgan fingerprint density at radius 2 is 1.75 bits per heavy atom. The molecule has 2 atom stereocenters. The highest BCUT2D eigenvalue weighted by molar-refractivity contribution is 5.83. The molecule has 2 amide bonds. The van der Waals surface area contributed by atoms with Gasteiger partial charge in [0.25, 0.3) is 0 Å². The van der Waals surface area contributed by atoms with E-state index in [9.17, 15) is 9.59 Å². The molecule has 0 N–H and O–H groups in total. The Balaban J connectivity index is 1.21. The molecular weight excluding hydrogens is 354 g/mol. The monoisotopic (exact) mass is 389 g/mol. The Hall–Kier alpha value is -1.56. The van der Waals surface area contributed by atoms with Crippen molar-refractivity contribution in [1.29, 1.82) is 0 Å². The van der Waals surface area contributed by atoms with Crippen molar-refractivity contribution in [3.8, 4) is 0 Å². The van der Waals surface area contributed by atoms with Gasteiger partial charge in [0.1, 0.15) is 0 Å². The summed E-state index contributed by atoms with van der Waals surface area (Å²) in [6.07, 6.45) is 11.6. The minimum atomic E-state index is -0.252. The molecule has 2 aliphatic heterocycles. The standard InChI is InChI=1S/C22H35N3O3/c1-2-28-21(27)25-14-12-24(13-15-25)20(26)19-16-22(19)8-10-23(11-9-22)17-18-6-4-3-5-7-18/h3-4,18-19H,2,5-17H2,1H3/t18-,19+/m1/s1. The Bertz CT molecular complexity index is 604. The van der Waals surface area contributed by atoms with E-state index in [2.05, 4.69) is 17.1 Å². The summed E-state index contributed by atoms with van der Waals surface area (Å²) in [6, 6.07) is 0. The van der Waals surface area contributed by atoms with Gasteiger partial charge in [0, 0.05) is 38.6 Å². The molecule has 2 heterocycles. The van der Waals surface area contributed by atoms with E-state index >= 15 is 0 Å². The van der Waals surface area contributed by atoms with Gasteiger partial charge >= 0.3 is 6.09 Å². The first-order valence-electron chi connectivity index (χ1n) is 11.2. The smallest absolute Gasteiger partial charge is 0.409 e. The summed E-state index contributed by atoms with van der Waals surface area (Å²) in [5.41, 5.74) is 0.276. The molecule has 1 spiro atoms. The summed E-state index contributed by atoms with van der Waals surface area (Å²) in [5.74, 6) is 1.38. The van der Waals surface area contributed by atoms with Gasteiger partial charge in [0.15, 0.2) is 0 Å². The quantitative estimate of drug-likeness (QED) is 0.694. The zero-order valence-electron chi connectivity index (χ0n) is 17.3. The number of allylic oxidation sites excluding steroid dienone is 2. The molecule has 6 nitrogen and oxygen atoms in total. The highest BCUT2D eigenvalue weighted by Gasteiger charge is 2.59. The molecule has 28 heavy (non-hydrogen) atoms. The maximum atomic E-state index is 13.0. The van der Waals surface area contributed by atoms with E-state index in [-0.39, 0.29) is 17.4 Å². The Morgan fingerprint density at radius 1 is 1.04 bits per heavy atom. The van der Waals surface area contributed by atoms with Crippen LogP contribution in [0.25, 0.3) is 0 Å². The number of ether oxygens (including phenoxy) is 1. The number of hydrogen-bond acceptors (Lipinski definition) is 4. The molecule has 0 aromatic rings. The molecule has 156 valence electrons. The van der Waals surface area contributed by atoms with Crippen molar-refractivity contribution in [2.24, 2.45) is 17.3 Å². The van der Waals surface area contributed by atoms with E-state index in [0.717, 1.165) is 25.4 Å². The van der Waals surface area contributed by atoms with Gasteiger partial charge in [-0.15, -0.1) is 0 Å². The highest BCUT2D eigenvalue weighted by Crippen LogP contribution is 2.60. The number of piperazine rings is 1. The number of likely N-dealkylation sites (tertiary alicyclic amines) is 1. The van der Waals surface area contributed by atoms with Crippen LogP contribution >= 0.6 is 0 Å². The van der Waals surface area contributed by atoms with Crippen LogP contribution in [0.15, 0.2) is 12.2 Å². The van der Waals surface area contributed by atoms with Crippen LogP contribution in [0.1, 0.15) is 45.4 Å². The van der Waals surface area contributed by atoms with Crippen molar-refractivity contribution in [1.82, 2.24) is 14.7 Å². The SMILES string of the molecule is CCOC(=O)N1CCN(C(=O)[C@@H]2CC23CCN(C[C@@H]2CC=CCC2)CC3)CC1. The second kappa shape index (κ2) is 8.44. The van der Waals surface area contributed by atoms with Crippen molar-refractivity contribution in [3.05, 3.63) is 12.2 Å². The van der Waals surface area contributed by atoms with Crippen LogP contribution in [0.2, 0.25) is 0 Å². The van der Waals surface area contributed by atoms with Gasteiger partial charge in [-0.25, -0.2) is 4.79 Å². The lowest BCUT2D eigenvalue weighted by Gasteiger charge is -2.37. The number of carbonyl (C=O) groups excluding carboxylic acids is 2. The van der Waals surface area contributed by atoms with Crippen LogP contribution in [0.4, 0.5) is 4.79 Å². The molecule has 4 rings (SSSR count). The third-order valence-corrected chi connectivity index (χ3v) is 7.35. The summed E-state index contributed by atoms with van der Waals surface area (Å²) in [7, 11) is 0. The minimum absolute atomic E-state index is 0.224. The van der Waals surface area contributed by atoms with Gasteiger partial charge in [0.2, 0.25) is 5.91 Å². The molecular formula is C22H35N3O3. The average Bonchev–Trinajstić information content (AvgIpc) is 3.44. The predicted octanol–water partition coefficient (Wildman–Crippen LogP) is 2.75. The van der Waals surface area contributed by atoms with Crippen LogP contribution in [-0.4, -0.2) is 79.1 Å². The zero-order valence-corrected chi connectivity index (χ0v) is 17.3. The van der Waals surface area contributed by atoms with Crippen LogP contribution < -0.4 is 0 Å². The molecule has 1 saturated carbocycles. The number of carbonyl (C=O) groups is 2.